The van der Waals surface area contributed by atoms with Crippen molar-refractivity contribution < 1.29 is 19.7 Å². The quantitative estimate of drug-likeness (QED) is 0.372. The van der Waals surface area contributed by atoms with Crippen molar-refractivity contribution in [1.29, 1.82) is 0 Å². The number of hydrogen-bond donors (Lipinski definition) is 2. The molecule has 2 saturated carbocycles. The topological polar surface area (TPSA) is 66.8 Å². The molecular weight excluding hydrogens is 388 g/mol. The average Bonchev–Trinajstić information content (AvgIpc) is 2.79. The zero-order valence-electron chi connectivity index (χ0n) is 19.2. The third-order valence-electron chi connectivity index (χ3n) is 7.15. The van der Waals surface area contributed by atoms with Crippen molar-refractivity contribution in [3.63, 3.8) is 0 Å². The van der Waals surface area contributed by atoms with Gasteiger partial charge in [0.05, 0.1) is 12.2 Å². The molecule has 1 atom stereocenters. The Morgan fingerprint density at radius 1 is 1.00 bits per heavy atom. The lowest BCUT2D eigenvalue weighted by Gasteiger charge is -2.23. The number of benzene rings is 1. The minimum Gasteiger partial charge on any atom is -0.504 e. The van der Waals surface area contributed by atoms with E-state index in [1.54, 1.807) is 6.07 Å². The number of ether oxygens (including phenoxy) is 1. The van der Waals surface area contributed by atoms with Crippen LogP contribution in [-0.4, -0.2) is 28.2 Å². The molecule has 3 rings (SSSR count). The summed E-state index contributed by atoms with van der Waals surface area (Å²) in [6.07, 6.45) is 17.8. The minimum atomic E-state index is -0.510. The number of phenols is 1. The Labute approximate surface area is 188 Å². The predicted octanol–water partition coefficient (Wildman–Crippen LogP) is 6.50. The van der Waals surface area contributed by atoms with Gasteiger partial charge in [-0.3, -0.25) is 4.79 Å². The van der Waals surface area contributed by atoms with Crippen molar-refractivity contribution in [2.45, 2.75) is 121 Å². The van der Waals surface area contributed by atoms with E-state index in [1.165, 1.54) is 64.2 Å². The molecule has 0 bridgehead atoms. The van der Waals surface area contributed by atoms with Crippen LogP contribution in [0.15, 0.2) is 18.2 Å². The summed E-state index contributed by atoms with van der Waals surface area (Å²) in [6, 6.07) is 5.40. The van der Waals surface area contributed by atoms with Gasteiger partial charge in [-0.2, -0.15) is 0 Å². The Hall–Kier alpha value is -1.55. The highest BCUT2D eigenvalue weighted by Gasteiger charge is 2.18. The van der Waals surface area contributed by atoms with Gasteiger partial charge in [-0.25, -0.2) is 0 Å². The van der Waals surface area contributed by atoms with Gasteiger partial charge >= 0.3 is 0 Å². The molecule has 0 spiro atoms. The van der Waals surface area contributed by atoms with Crippen LogP contribution in [0.3, 0.4) is 0 Å². The summed E-state index contributed by atoms with van der Waals surface area (Å²) < 4.78 is 6.02. The Balaban J connectivity index is 1.33. The summed E-state index contributed by atoms with van der Waals surface area (Å²) in [6.45, 7) is 0. The number of carbonyl (C=O) groups is 1. The van der Waals surface area contributed by atoms with E-state index in [-0.39, 0.29) is 24.1 Å². The van der Waals surface area contributed by atoms with Crippen molar-refractivity contribution in [3.05, 3.63) is 23.8 Å². The number of hydrogen-bond acceptors (Lipinski definition) is 4. The first-order valence-electron chi connectivity index (χ1n) is 12.8. The van der Waals surface area contributed by atoms with Gasteiger partial charge in [0.1, 0.15) is 5.78 Å². The Kier molecular flexibility index (Phi) is 10.2. The van der Waals surface area contributed by atoms with Gasteiger partial charge < -0.3 is 14.9 Å². The maximum atomic E-state index is 12.3. The fourth-order valence-corrected chi connectivity index (χ4v) is 5.21. The summed E-state index contributed by atoms with van der Waals surface area (Å²) in [5.41, 5.74) is 0.999. The number of phenolic OH excluding ortho intramolecular Hbond substituents is 1. The van der Waals surface area contributed by atoms with Crippen molar-refractivity contribution in [2.24, 2.45) is 5.92 Å². The third-order valence-corrected chi connectivity index (χ3v) is 7.15. The standard InChI is InChI=1S/C27H42O4/c28-23(12-8-7-11-21-9-3-1-4-10-21)20-24(29)17-15-22-16-18-26(30)27(19-22)31-25-13-5-2-6-14-25/h16,18-19,21,23,25,28,30H,1-15,17,20H2. The Bertz CT molecular complexity index is 659. The number of aliphatic hydroxyl groups excluding tert-OH is 1. The Morgan fingerprint density at radius 2 is 1.71 bits per heavy atom. The molecule has 0 aromatic heterocycles. The van der Waals surface area contributed by atoms with Crippen LogP contribution >= 0.6 is 0 Å². The van der Waals surface area contributed by atoms with Crippen molar-refractivity contribution >= 4 is 5.78 Å². The summed E-state index contributed by atoms with van der Waals surface area (Å²) in [5.74, 6) is 1.71. The molecule has 1 unspecified atom stereocenters. The van der Waals surface area contributed by atoms with Crippen molar-refractivity contribution in [1.82, 2.24) is 0 Å². The molecule has 0 heterocycles. The minimum absolute atomic E-state index is 0.114. The second-order valence-electron chi connectivity index (χ2n) is 9.87. The lowest BCUT2D eigenvalue weighted by molar-refractivity contribution is -0.121. The summed E-state index contributed by atoms with van der Waals surface area (Å²) in [7, 11) is 0. The molecule has 2 fully saturated rings. The first-order valence-corrected chi connectivity index (χ1v) is 12.8. The first kappa shape index (κ1) is 24.1. The highest BCUT2D eigenvalue weighted by atomic mass is 16.5. The number of aryl methyl sites for hydroxylation is 1. The molecule has 0 aliphatic heterocycles. The van der Waals surface area contributed by atoms with Crippen LogP contribution in [0.4, 0.5) is 0 Å². The highest BCUT2D eigenvalue weighted by molar-refractivity contribution is 5.79. The maximum Gasteiger partial charge on any atom is 0.161 e. The number of aromatic hydroxyl groups is 1. The van der Waals surface area contributed by atoms with Crippen LogP contribution in [0.2, 0.25) is 0 Å². The SMILES string of the molecule is O=C(CCc1ccc(O)c(OC2CCCCC2)c1)CC(O)CCCCC1CCCCC1. The molecule has 0 saturated heterocycles. The number of rotatable bonds is 12. The van der Waals surface area contributed by atoms with E-state index in [9.17, 15) is 15.0 Å². The molecule has 1 aromatic rings. The van der Waals surface area contributed by atoms with E-state index in [0.29, 0.717) is 18.6 Å². The van der Waals surface area contributed by atoms with Gasteiger partial charge in [0, 0.05) is 12.8 Å². The molecule has 0 radical (unpaired) electrons. The van der Waals surface area contributed by atoms with Crippen LogP contribution in [-0.2, 0) is 11.2 Å². The monoisotopic (exact) mass is 430 g/mol. The molecule has 2 aliphatic rings. The molecule has 1 aromatic carbocycles. The third kappa shape index (κ3) is 8.84. The molecule has 4 nitrogen and oxygen atoms in total. The molecule has 0 amide bonds. The van der Waals surface area contributed by atoms with Crippen LogP contribution in [0.1, 0.15) is 108 Å². The van der Waals surface area contributed by atoms with Gasteiger partial charge in [-0.05, 0) is 62.1 Å². The van der Waals surface area contributed by atoms with Gasteiger partial charge in [-0.15, -0.1) is 0 Å². The highest BCUT2D eigenvalue weighted by Crippen LogP contribution is 2.32. The van der Waals surface area contributed by atoms with Crippen LogP contribution in [0, 0.1) is 5.92 Å². The van der Waals surface area contributed by atoms with Crippen LogP contribution in [0.5, 0.6) is 11.5 Å². The van der Waals surface area contributed by atoms with E-state index in [4.69, 9.17) is 4.74 Å². The first-order chi connectivity index (χ1) is 15.1. The lowest BCUT2D eigenvalue weighted by atomic mass is 9.85. The molecule has 31 heavy (non-hydrogen) atoms. The molecule has 2 N–H and O–H groups in total. The van der Waals surface area contributed by atoms with Gasteiger partial charge in [0.2, 0.25) is 0 Å². The van der Waals surface area contributed by atoms with Crippen molar-refractivity contribution in [2.75, 3.05) is 0 Å². The zero-order valence-corrected chi connectivity index (χ0v) is 19.2. The summed E-state index contributed by atoms with van der Waals surface area (Å²) in [5, 5.41) is 20.4. The van der Waals surface area contributed by atoms with Gasteiger partial charge in [0.15, 0.2) is 11.5 Å². The smallest absolute Gasteiger partial charge is 0.161 e. The number of aliphatic hydroxyl groups is 1. The number of unbranched alkanes of at least 4 members (excludes halogenated alkanes) is 1. The van der Waals surface area contributed by atoms with Crippen LogP contribution < -0.4 is 4.74 Å². The zero-order chi connectivity index (χ0) is 21.9. The van der Waals surface area contributed by atoms with E-state index in [1.807, 2.05) is 12.1 Å². The van der Waals surface area contributed by atoms with E-state index < -0.39 is 6.10 Å². The summed E-state index contributed by atoms with van der Waals surface area (Å²) >= 11 is 0. The fraction of sp³-hybridized carbons (Fsp3) is 0.741. The summed E-state index contributed by atoms with van der Waals surface area (Å²) in [4.78, 5) is 12.3. The molecule has 2 aliphatic carbocycles. The van der Waals surface area contributed by atoms with Gasteiger partial charge in [0.25, 0.3) is 0 Å². The van der Waals surface area contributed by atoms with Crippen LogP contribution in [0.25, 0.3) is 0 Å². The molecular formula is C27H42O4. The fourth-order valence-electron chi connectivity index (χ4n) is 5.21. The number of ketones is 1. The van der Waals surface area contributed by atoms with Crippen molar-refractivity contribution in [3.8, 4) is 11.5 Å². The van der Waals surface area contributed by atoms with Gasteiger partial charge in [-0.1, -0.05) is 63.9 Å². The van der Waals surface area contributed by atoms with E-state index >= 15 is 0 Å². The van der Waals surface area contributed by atoms with E-state index in [2.05, 4.69) is 0 Å². The predicted molar refractivity (Wildman–Crippen MR) is 125 cm³/mol. The number of Topliss-reactive ketones (excluding diaryl/α,β-unsaturated/α-hetero) is 1. The second-order valence-corrected chi connectivity index (χ2v) is 9.87. The normalized spacial score (nSPS) is 19.3. The second kappa shape index (κ2) is 13.1. The largest absolute Gasteiger partial charge is 0.504 e. The van der Waals surface area contributed by atoms with E-state index in [0.717, 1.165) is 37.2 Å². The average molecular weight is 431 g/mol. The number of carbonyl (C=O) groups excluding carboxylic acids is 1. The molecule has 4 heteroatoms. The maximum absolute atomic E-state index is 12.3. The lowest BCUT2D eigenvalue weighted by Crippen LogP contribution is -2.19. The molecule has 174 valence electrons. The Morgan fingerprint density at radius 3 is 2.45 bits per heavy atom.